The van der Waals surface area contributed by atoms with E-state index in [9.17, 15) is 8.42 Å². The average molecular weight is 524 g/mol. The fourth-order valence-corrected chi connectivity index (χ4v) is 6.75. The molecule has 0 amide bonds. The Balaban J connectivity index is 1.40. The number of para-hydroxylation sites is 1. The quantitative estimate of drug-likeness (QED) is 0.318. The summed E-state index contributed by atoms with van der Waals surface area (Å²) in [5.41, 5.74) is 4.28. The maximum absolute atomic E-state index is 14.1. The molecule has 0 saturated heterocycles. The van der Waals surface area contributed by atoms with Crippen LogP contribution in [0.4, 0.5) is 5.69 Å². The number of aromatic nitrogens is 3. The Morgan fingerprint density at radius 1 is 0.895 bits per heavy atom. The van der Waals surface area contributed by atoms with E-state index in [4.69, 9.17) is 0 Å². The van der Waals surface area contributed by atoms with Crippen molar-refractivity contribution >= 4 is 26.5 Å². The number of hydrogen-bond acceptors (Lipinski definition) is 5. The Kier molecular flexibility index (Phi) is 6.66. The third-order valence-electron chi connectivity index (χ3n) is 7.26. The van der Waals surface area contributed by atoms with E-state index < -0.39 is 10.0 Å². The summed E-state index contributed by atoms with van der Waals surface area (Å²) in [6.45, 7) is 1.31. The van der Waals surface area contributed by atoms with Gasteiger partial charge in [0.25, 0.3) is 0 Å². The van der Waals surface area contributed by atoms with E-state index in [1.54, 1.807) is 35.2 Å². The van der Waals surface area contributed by atoms with E-state index in [1.165, 1.54) is 5.56 Å². The summed E-state index contributed by atoms with van der Waals surface area (Å²) in [4.78, 5) is 14.2. The highest BCUT2D eigenvalue weighted by atomic mass is 32.2. The van der Waals surface area contributed by atoms with E-state index in [0.717, 1.165) is 40.6 Å². The molecule has 2 aromatic heterocycles. The fourth-order valence-electron chi connectivity index (χ4n) is 5.26. The zero-order chi connectivity index (χ0) is 26.0. The first-order valence-electron chi connectivity index (χ1n) is 12.8. The highest BCUT2D eigenvalue weighted by Crippen LogP contribution is 2.33. The second-order valence-electron chi connectivity index (χ2n) is 9.69. The van der Waals surface area contributed by atoms with Gasteiger partial charge < -0.3 is 9.88 Å². The number of hydrogen-bond donors (Lipinski definition) is 1. The summed E-state index contributed by atoms with van der Waals surface area (Å²) in [5.74, 6) is 0. The topological polar surface area (TPSA) is 82.2 Å². The number of H-pyrrole nitrogens is 1. The highest BCUT2D eigenvalue weighted by Gasteiger charge is 2.34. The first kappa shape index (κ1) is 24.3. The summed E-state index contributed by atoms with van der Waals surface area (Å²) < 4.78 is 29.9. The third-order valence-corrected chi connectivity index (χ3v) is 9.06. The molecular weight excluding hydrogens is 494 g/mol. The Hall–Kier alpha value is -4.01. The minimum absolute atomic E-state index is 0.0402. The van der Waals surface area contributed by atoms with Crippen molar-refractivity contribution in [3.05, 3.63) is 121 Å². The van der Waals surface area contributed by atoms with Gasteiger partial charge in [0.05, 0.1) is 23.5 Å². The zero-order valence-electron chi connectivity index (χ0n) is 20.9. The molecule has 0 fully saturated rings. The van der Waals surface area contributed by atoms with Crippen molar-refractivity contribution < 1.29 is 8.42 Å². The zero-order valence-corrected chi connectivity index (χ0v) is 21.8. The number of aryl methyl sites for hydroxylation is 1. The summed E-state index contributed by atoms with van der Waals surface area (Å²) in [7, 11) is -3.75. The first-order chi connectivity index (χ1) is 18.6. The van der Waals surface area contributed by atoms with Crippen molar-refractivity contribution in [2.75, 3.05) is 11.4 Å². The Morgan fingerprint density at radius 2 is 1.74 bits per heavy atom. The molecule has 1 N–H and O–H groups in total. The molecule has 1 aliphatic heterocycles. The molecule has 5 aromatic rings. The number of anilines is 1. The minimum atomic E-state index is -3.75. The molecule has 1 aliphatic rings. The normalized spacial score (nSPS) is 16.3. The second kappa shape index (κ2) is 10.4. The molecule has 8 heteroatoms. The van der Waals surface area contributed by atoms with Crippen LogP contribution in [0, 0.1) is 0 Å². The number of nitrogens with one attached hydrogen (secondary N) is 1. The lowest BCUT2D eigenvalue weighted by Gasteiger charge is -2.34. The largest absolute Gasteiger partial charge is 0.361 e. The molecule has 0 radical (unpaired) electrons. The lowest BCUT2D eigenvalue weighted by atomic mass is 10.0. The maximum atomic E-state index is 14.1. The fraction of sp³-hybridized carbons (Fsp3) is 0.200. The standard InChI is InChI=1S/C30H29N5O2S/c36-38(37,29-13-11-25-17-31-15-14-24(25)16-29)34-19-26-8-4-5-9-30(26)35(20-27-18-32-22-33-27)28(21-34)12-10-23-6-2-1-3-7-23/h1-9,11,13-18,22,28H,10,12,19-21H2,(H,32,33). The van der Waals surface area contributed by atoms with Gasteiger partial charge in [0.1, 0.15) is 0 Å². The van der Waals surface area contributed by atoms with Crippen molar-refractivity contribution in [1.82, 2.24) is 19.3 Å². The van der Waals surface area contributed by atoms with Crippen LogP contribution in [0.25, 0.3) is 10.8 Å². The van der Waals surface area contributed by atoms with Gasteiger partial charge in [-0.05, 0) is 53.6 Å². The predicted molar refractivity (Wildman–Crippen MR) is 149 cm³/mol. The van der Waals surface area contributed by atoms with Gasteiger partial charge in [0.15, 0.2) is 0 Å². The van der Waals surface area contributed by atoms with Crippen molar-refractivity contribution in [2.45, 2.75) is 36.9 Å². The molecular formula is C30H29N5O2S. The molecule has 6 rings (SSSR count). The average Bonchev–Trinajstić information content (AvgIpc) is 3.41. The lowest BCUT2D eigenvalue weighted by Crippen LogP contribution is -2.43. The molecule has 0 spiro atoms. The molecule has 7 nitrogen and oxygen atoms in total. The first-order valence-corrected chi connectivity index (χ1v) is 14.2. The summed E-state index contributed by atoms with van der Waals surface area (Å²) >= 11 is 0. The van der Waals surface area contributed by atoms with Gasteiger partial charge in [-0.2, -0.15) is 4.31 Å². The van der Waals surface area contributed by atoms with Crippen molar-refractivity contribution in [3.63, 3.8) is 0 Å². The van der Waals surface area contributed by atoms with Crippen LogP contribution in [0.15, 0.2) is 109 Å². The molecule has 0 saturated carbocycles. The van der Waals surface area contributed by atoms with E-state index >= 15 is 0 Å². The van der Waals surface area contributed by atoms with Gasteiger partial charge in [0, 0.05) is 48.8 Å². The van der Waals surface area contributed by atoms with E-state index in [2.05, 4.69) is 38.1 Å². The SMILES string of the molecule is O=S(=O)(c1ccc2cnccc2c1)N1Cc2ccccc2N(Cc2cnc[nH]2)C(CCc2ccccc2)C1. The minimum Gasteiger partial charge on any atom is -0.361 e. The van der Waals surface area contributed by atoms with Crippen molar-refractivity contribution in [3.8, 4) is 0 Å². The molecule has 0 aliphatic carbocycles. The van der Waals surface area contributed by atoms with Gasteiger partial charge in [-0.25, -0.2) is 13.4 Å². The van der Waals surface area contributed by atoms with Gasteiger partial charge in [-0.15, -0.1) is 0 Å². The van der Waals surface area contributed by atoms with Gasteiger partial charge in [0.2, 0.25) is 10.0 Å². The number of rotatable bonds is 7. The van der Waals surface area contributed by atoms with Crippen LogP contribution in [0.5, 0.6) is 0 Å². The van der Waals surface area contributed by atoms with Crippen LogP contribution in [0.2, 0.25) is 0 Å². The molecule has 38 heavy (non-hydrogen) atoms. The number of benzene rings is 3. The van der Waals surface area contributed by atoms with Crippen molar-refractivity contribution in [2.24, 2.45) is 0 Å². The Bertz CT molecular complexity index is 1640. The molecule has 3 aromatic carbocycles. The molecule has 0 bridgehead atoms. The van der Waals surface area contributed by atoms with Crippen LogP contribution in [-0.4, -0.2) is 40.3 Å². The molecule has 1 unspecified atom stereocenters. The second-order valence-corrected chi connectivity index (χ2v) is 11.6. The molecule has 1 atom stereocenters. The molecule has 3 heterocycles. The van der Waals surface area contributed by atoms with E-state index in [1.807, 2.05) is 54.7 Å². The number of sulfonamides is 1. The van der Waals surface area contributed by atoms with Gasteiger partial charge in [-0.1, -0.05) is 54.6 Å². The van der Waals surface area contributed by atoms with Gasteiger partial charge in [-0.3, -0.25) is 4.98 Å². The predicted octanol–water partition coefficient (Wildman–Crippen LogP) is 5.17. The number of pyridine rings is 1. The maximum Gasteiger partial charge on any atom is 0.243 e. The van der Waals surface area contributed by atoms with E-state index in [0.29, 0.717) is 24.5 Å². The van der Waals surface area contributed by atoms with Crippen molar-refractivity contribution in [1.29, 1.82) is 0 Å². The molecule has 192 valence electrons. The highest BCUT2D eigenvalue weighted by molar-refractivity contribution is 7.89. The summed E-state index contributed by atoms with van der Waals surface area (Å²) in [5, 5.41) is 1.77. The smallest absolute Gasteiger partial charge is 0.243 e. The number of nitrogens with zero attached hydrogens (tertiary/aromatic N) is 4. The number of aromatic amines is 1. The number of imidazole rings is 1. The summed E-state index contributed by atoms with van der Waals surface area (Å²) in [6, 6.07) is 25.6. The van der Waals surface area contributed by atoms with Crippen LogP contribution in [0.1, 0.15) is 23.2 Å². The Labute approximate surface area is 222 Å². The van der Waals surface area contributed by atoms with E-state index in [-0.39, 0.29) is 6.04 Å². The van der Waals surface area contributed by atoms with Gasteiger partial charge >= 0.3 is 0 Å². The number of fused-ring (bicyclic) bond motifs is 2. The summed E-state index contributed by atoms with van der Waals surface area (Å²) in [6.07, 6.45) is 8.62. The monoisotopic (exact) mass is 523 g/mol. The Morgan fingerprint density at radius 3 is 2.58 bits per heavy atom. The van der Waals surface area contributed by atoms with Crippen LogP contribution < -0.4 is 4.90 Å². The third kappa shape index (κ3) is 4.92. The van der Waals surface area contributed by atoms with Crippen LogP contribution in [-0.2, 0) is 29.5 Å². The van der Waals surface area contributed by atoms with Crippen LogP contribution >= 0.6 is 0 Å². The lowest BCUT2D eigenvalue weighted by molar-refractivity contribution is 0.370. The van der Waals surface area contributed by atoms with Crippen LogP contribution in [0.3, 0.4) is 0 Å².